The van der Waals surface area contributed by atoms with Gasteiger partial charge in [-0.15, -0.1) is 0 Å². The lowest BCUT2D eigenvalue weighted by atomic mass is 10.2. The van der Waals surface area contributed by atoms with Crippen LogP contribution >= 0.6 is 0 Å². The molecule has 1 aliphatic heterocycles. The summed E-state index contributed by atoms with van der Waals surface area (Å²) in [7, 11) is -2.59. The number of nitrogens with one attached hydrogen (secondary N) is 1. The van der Waals surface area contributed by atoms with Crippen molar-refractivity contribution < 1.29 is 27.9 Å². The lowest BCUT2D eigenvalue weighted by Crippen LogP contribution is -2.32. The van der Waals surface area contributed by atoms with E-state index in [1.807, 2.05) is 0 Å². The first-order valence-electron chi connectivity index (χ1n) is 8.89. The van der Waals surface area contributed by atoms with Gasteiger partial charge in [-0.05, 0) is 12.1 Å². The minimum atomic E-state index is -3.79. The Labute approximate surface area is 164 Å². The van der Waals surface area contributed by atoms with Gasteiger partial charge in [0.05, 0.1) is 31.5 Å². The lowest BCUT2D eigenvalue weighted by molar-refractivity contribution is -0.136. The summed E-state index contributed by atoms with van der Waals surface area (Å²) in [5, 5.41) is 12.0. The molecule has 1 aromatic carbocycles. The Hall–Kier alpha value is -2.43. The molecule has 0 aromatic heterocycles. The summed E-state index contributed by atoms with van der Waals surface area (Å²) < 4.78 is 32.0. The molecule has 0 aliphatic carbocycles. The number of anilines is 1. The molecule has 2 N–H and O–H groups in total. The smallest absolute Gasteiger partial charge is 0.337 e. The van der Waals surface area contributed by atoms with Crippen LogP contribution in [0.15, 0.2) is 40.4 Å². The number of amides is 1. The van der Waals surface area contributed by atoms with Gasteiger partial charge in [0, 0.05) is 19.6 Å². The highest BCUT2D eigenvalue weighted by Gasteiger charge is 2.35. The second-order valence-corrected chi connectivity index (χ2v) is 7.91. The highest BCUT2D eigenvalue weighted by Crippen LogP contribution is 2.28. The molecule has 10 heteroatoms. The number of carbonyl (C=O) groups is 2. The van der Waals surface area contributed by atoms with E-state index in [0.717, 1.165) is 0 Å². The van der Waals surface area contributed by atoms with E-state index in [-0.39, 0.29) is 41.5 Å². The van der Waals surface area contributed by atoms with Crippen LogP contribution in [0.3, 0.4) is 0 Å². The zero-order chi connectivity index (χ0) is 20.9. The van der Waals surface area contributed by atoms with Gasteiger partial charge in [0.25, 0.3) is 5.91 Å². The number of aliphatic hydroxyl groups excluding tert-OH is 1. The Morgan fingerprint density at radius 1 is 1.29 bits per heavy atom. The first-order valence-corrected chi connectivity index (χ1v) is 10.3. The number of rotatable bonds is 9. The number of ether oxygens (including phenoxy) is 1. The van der Waals surface area contributed by atoms with Crippen molar-refractivity contribution in [2.75, 3.05) is 45.2 Å². The summed E-state index contributed by atoms with van der Waals surface area (Å²) in [6.07, 6.45) is 0. The van der Waals surface area contributed by atoms with Crippen molar-refractivity contribution in [3.63, 3.8) is 0 Å². The fourth-order valence-electron chi connectivity index (χ4n) is 2.98. The first kappa shape index (κ1) is 21.9. The van der Waals surface area contributed by atoms with Gasteiger partial charge in [-0.25, -0.2) is 13.2 Å². The monoisotopic (exact) mass is 411 g/mol. The van der Waals surface area contributed by atoms with Crippen LogP contribution in [0.1, 0.15) is 13.8 Å². The third-order valence-corrected chi connectivity index (χ3v) is 6.53. The Kier molecular flexibility index (Phi) is 7.17. The van der Waals surface area contributed by atoms with E-state index in [4.69, 9.17) is 9.84 Å². The van der Waals surface area contributed by atoms with Gasteiger partial charge in [-0.3, -0.25) is 4.79 Å². The number of methoxy groups -OCH3 is 1. The number of sulfonamides is 1. The minimum Gasteiger partial charge on any atom is -0.466 e. The van der Waals surface area contributed by atoms with Gasteiger partial charge in [-0.2, -0.15) is 4.31 Å². The largest absolute Gasteiger partial charge is 0.466 e. The van der Waals surface area contributed by atoms with E-state index in [2.05, 4.69) is 5.32 Å². The van der Waals surface area contributed by atoms with Crippen LogP contribution in [0.25, 0.3) is 0 Å². The Bertz CT molecular complexity index is 877. The molecule has 1 aromatic rings. The molecular formula is C18H25N3O6S. The number of β-amino-alcohol motifs (C(OH)–C–C–N with tert-alkyl or cyclic N) is 1. The Balaban J connectivity index is 2.49. The SMILES string of the molecule is CCN(CC)S(=O)(=O)c1ccccc1NC1=C(C(=O)OC)CN(CCO)C1=O. The summed E-state index contributed by atoms with van der Waals surface area (Å²) in [4.78, 5) is 26.1. The Morgan fingerprint density at radius 3 is 2.50 bits per heavy atom. The Morgan fingerprint density at radius 2 is 1.93 bits per heavy atom. The van der Waals surface area contributed by atoms with Crippen molar-refractivity contribution in [1.29, 1.82) is 0 Å². The number of esters is 1. The number of aliphatic hydroxyl groups is 1. The number of hydrogen-bond acceptors (Lipinski definition) is 7. The standard InChI is InChI=1S/C18H25N3O6S/c1-4-21(5-2)28(25,26)15-9-7-6-8-14(15)19-16-13(18(24)27-3)12-20(10-11-22)17(16)23/h6-9,19,22H,4-5,10-12H2,1-3H3. The van der Waals surface area contributed by atoms with Crippen molar-refractivity contribution in [2.24, 2.45) is 0 Å². The third-order valence-electron chi connectivity index (χ3n) is 4.42. The fourth-order valence-corrected chi connectivity index (χ4v) is 4.59. The summed E-state index contributed by atoms with van der Waals surface area (Å²) in [6.45, 7) is 3.83. The molecule has 0 spiro atoms. The number of benzene rings is 1. The van der Waals surface area contributed by atoms with Crippen LogP contribution in [0.5, 0.6) is 0 Å². The summed E-state index contributed by atoms with van der Waals surface area (Å²) >= 11 is 0. The molecule has 9 nitrogen and oxygen atoms in total. The molecule has 28 heavy (non-hydrogen) atoms. The van der Waals surface area contributed by atoms with E-state index in [0.29, 0.717) is 13.1 Å². The fraction of sp³-hybridized carbons (Fsp3) is 0.444. The molecule has 0 unspecified atom stereocenters. The number of para-hydroxylation sites is 1. The maximum absolute atomic E-state index is 13.0. The van der Waals surface area contributed by atoms with Crippen LogP contribution in [0.2, 0.25) is 0 Å². The highest BCUT2D eigenvalue weighted by atomic mass is 32.2. The molecular weight excluding hydrogens is 386 g/mol. The van der Waals surface area contributed by atoms with E-state index < -0.39 is 21.9 Å². The maximum Gasteiger partial charge on any atom is 0.337 e. The van der Waals surface area contributed by atoms with E-state index in [9.17, 15) is 18.0 Å². The van der Waals surface area contributed by atoms with Gasteiger partial charge in [-0.1, -0.05) is 26.0 Å². The summed E-state index contributed by atoms with van der Waals surface area (Å²) in [6, 6.07) is 6.19. The molecule has 154 valence electrons. The molecule has 1 amide bonds. The normalized spacial score (nSPS) is 14.8. The van der Waals surface area contributed by atoms with Crippen molar-refractivity contribution in [1.82, 2.24) is 9.21 Å². The molecule has 0 bridgehead atoms. The first-order chi connectivity index (χ1) is 13.3. The lowest BCUT2D eigenvalue weighted by Gasteiger charge is -2.21. The zero-order valence-electron chi connectivity index (χ0n) is 16.1. The van der Waals surface area contributed by atoms with Crippen molar-refractivity contribution in [2.45, 2.75) is 18.7 Å². The van der Waals surface area contributed by atoms with E-state index in [1.165, 1.54) is 28.4 Å². The molecule has 0 atom stereocenters. The molecule has 0 saturated carbocycles. The maximum atomic E-state index is 13.0. The molecule has 1 aliphatic rings. The second-order valence-electron chi connectivity index (χ2n) is 6.01. The third kappa shape index (κ3) is 4.18. The second kappa shape index (κ2) is 9.18. The number of nitrogens with zero attached hydrogens (tertiary/aromatic N) is 2. The molecule has 1 heterocycles. The van der Waals surface area contributed by atoms with Gasteiger partial charge < -0.3 is 20.1 Å². The van der Waals surface area contributed by atoms with Crippen LogP contribution in [-0.4, -0.2) is 74.5 Å². The number of hydrogen-bond donors (Lipinski definition) is 2. The minimum absolute atomic E-state index is 0.00354. The van der Waals surface area contributed by atoms with Gasteiger partial charge in [0.1, 0.15) is 10.6 Å². The zero-order valence-corrected chi connectivity index (χ0v) is 17.0. The molecule has 0 fully saturated rings. The van der Waals surface area contributed by atoms with Crippen LogP contribution in [0, 0.1) is 0 Å². The molecule has 2 rings (SSSR count). The average molecular weight is 411 g/mol. The van der Waals surface area contributed by atoms with Gasteiger partial charge >= 0.3 is 5.97 Å². The van der Waals surface area contributed by atoms with Gasteiger partial charge in [0.2, 0.25) is 10.0 Å². The van der Waals surface area contributed by atoms with E-state index in [1.54, 1.807) is 26.0 Å². The quantitative estimate of drug-likeness (QED) is 0.565. The van der Waals surface area contributed by atoms with Crippen LogP contribution in [0.4, 0.5) is 5.69 Å². The van der Waals surface area contributed by atoms with Crippen LogP contribution < -0.4 is 5.32 Å². The van der Waals surface area contributed by atoms with Gasteiger partial charge in [0.15, 0.2) is 0 Å². The van der Waals surface area contributed by atoms with Crippen molar-refractivity contribution >= 4 is 27.6 Å². The van der Waals surface area contributed by atoms with Crippen LogP contribution in [-0.2, 0) is 24.3 Å². The average Bonchev–Trinajstić information content (AvgIpc) is 2.98. The van der Waals surface area contributed by atoms with E-state index >= 15 is 0 Å². The predicted molar refractivity (Wildman–Crippen MR) is 103 cm³/mol. The van der Waals surface area contributed by atoms with Crippen molar-refractivity contribution in [3.8, 4) is 0 Å². The highest BCUT2D eigenvalue weighted by molar-refractivity contribution is 7.89. The topological polar surface area (TPSA) is 116 Å². The van der Waals surface area contributed by atoms with Crippen molar-refractivity contribution in [3.05, 3.63) is 35.5 Å². The molecule has 0 saturated heterocycles. The number of carbonyl (C=O) groups excluding carboxylic acids is 2. The molecule has 0 radical (unpaired) electrons. The summed E-state index contributed by atoms with van der Waals surface area (Å²) in [5.74, 6) is -1.20. The predicted octanol–water partition coefficient (Wildman–Crippen LogP) is 0.391. The summed E-state index contributed by atoms with van der Waals surface area (Å²) in [5.41, 5.74) is 0.212.